The summed E-state index contributed by atoms with van der Waals surface area (Å²) in [5.41, 5.74) is 1.69. The Kier molecular flexibility index (Phi) is 7.48. The van der Waals surface area contributed by atoms with Crippen molar-refractivity contribution in [3.63, 3.8) is 0 Å². The lowest BCUT2D eigenvalue weighted by Crippen LogP contribution is -2.46. The van der Waals surface area contributed by atoms with Crippen LogP contribution in [0.25, 0.3) is 0 Å². The van der Waals surface area contributed by atoms with Crippen molar-refractivity contribution in [2.45, 2.75) is 107 Å². The number of aliphatic hydroxyl groups excluding tert-OH is 2. The molecule has 5 heteroatoms. The molecule has 3 fully saturated rings. The molecule has 9 atom stereocenters. The summed E-state index contributed by atoms with van der Waals surface area (Å²) in [6.45, 7) is 6.40. The van der Waals surface area contributed by atoms with Crippen molar-refractivity contribution < 1.29 is 18.6 Å². The Morgan fingerprint density at radius 3 is 2.50 bits per heavy atom. The van der Waals surface area contributed by atoms with Crippen LogP contribution in [0, 0.1) is 40.9 Å². The largest absolute Gasteiger partial charge is 0.393 e. The van der Waals surface area contributed by atoms with Crippen LogP contribution in [0.5, 0.6) is 0 Å². The van der Waals surface area contributed by atoms with Gasteiger partial charge in [0, 0.05) is 0 Å². The van der Waals surface area contributed by atoms with E-state index in [-0.39, 0.29) is 17.4 Å². The van der Waals surface area contributed by atoms with Gasteiger partial charge < -0.3 is 10.2 Å². The molecular formula is C31H46O4S. The van der Waals surface area contributed by atoms with Crippen LogP contribution in [0.3, 0.4) is 0 Å². The Labute approximate surface area is 218 Å². The average molecular weight is 515 g/mol. The molecule has 7 unspecified atom stereocenters. The molecule has 4 nitrogen and oxygen atoms in total. The highest BCUT2D eigenvalue weighted by atomic mass is 32.2. The molecule has 0 saturated heterocycles. The molecule has 1 aromatic rings. The van der Waals surface area contributed by atoms with E-state index >= 15 is 0 Å². The van der Waals surface area contributed by atoms with Crippen LogP contribution in [0.4, 0.5) is 0 Å². The van der Waals surface area contributed by atoms with Gasteiger partial charge in [0.2, 0.25) is 0 Å². The topological polar surface area (TPSA) is 74.6 Å². The van der Waals surface area contributed by atoms with E-state index in [0.29, 0.717) is 41.4 Å². The normalized spacial score (nSPS) is 38.0. The van der Waals surface area contributed by atoms with Crippen LogP contribution in [0.15, 0.2) is 46.9 Å². The van der Waals surface area contributed by atoms with Gasteiger partial charge in [-0.2, -0.15) is 0 Å². The maximum absolute atomic E-state index is 13.8. The highest BCUT2D eigenvalue weighted by Gasteiger charge is 2.56. The van der Waals surface area contributed by atoms with Gasteiger partial charge in [0.15, 0.2) is 9.84 Å². The Balaban J connectivity index is 1.38. The second-order valence-corrected chi connectivity index (χ2v) is 15.3. The van der Waals surface area contributed by atoms with Crippen LogP contribution in [0.1, 0.15) is 85.0 Å². The number of allylic oxidation sites excluding steroid dienone is 1. The van der Waals surface area contributed by atoms with Crippen molar-refractivity contribution in [1.82, 2.24) is 0 Å². The molecule has 2 N–H and O–H groups in total. The molecule has 0 bridgehead atoms. The molecule has 1 aromatic carbocycles. The molecule has 0 radical (unpaired) electrons. The summed E-state index contributed by atoms with van der Waals surface area (Å²) in [6.07, 6.45) is 11.5. The van der Waals surface area contributed by atoms with Crippen molar-refractivity contribution in [3.05, 3.63) is 42.0 Å². The lowest BCUT2D eigenvalue weighted by molar-refractivity contribution is -0.0204. The number of hydrogen-bond donors (Lipinski definition) is 2. The third-order valence-corrected chi connectivity index (χ3v) is 13.1. The van der Waals surface area contributed by atoms with Crippen molar-refractivity contribution in [2.24, 2.45) is 40.9 Å². The molecule has 0 aliphatic heterocycles. The minimum atomic E-state index is -3.52. The predicted molar refractivity (Wildman–Crippen MR) is 144 cm³/mol. The minimum Gasteiger partial charge on any atom is -0.393 e. The number of fused-ring (bicyclic) bond motifs is 5. The van der Waals surface area contributed by atoms with Crippen LogP contribution < -0.4 is 0 Å². The molecular weight excluding hydrogens is 468 g/mol. The van der Waals surface area contributed by atoms with Gasteiger partial charge in [-0.15, -0.1) is 0 Å². The zero-order chi connectivity index (χ0) is 25.7. The van der Waals surface area contributed by atoms with Crippen LogP contribution in [0.2, 0.25) is 0 Å². The third kappa shape index (κ3) is 4.73. The van der Waals surface area contributed by atoms with E-state index in [1.54, 1.807) is 24.3 Å². The van der Waals surface area contributed by atoms with Crippen molar-refractivity contribution in [3.8, 4) is 0 Å². The van der Waals surface area contributed by atoms with E-state index in [4.69, 9.17) is 0 Å². The minimum absolute atomic E-state index is 0.0399. The highest BCUT2D eigenvalue weighted by molar-refractivity contribution is 7.92. The summed E-state index contributed by atoms with van der Waals surface area (Å²) in [5.74, 6) is 3.16. The first-order valence-electron chi connectivity index (χ1n) is 14.4. The molecule has 0 aromatic heterocycles. The molecule has 4 aliphatic rings. The first-order valence-corrected chi connectivity index (χ1v) is 16.0. The molecule has 0 heterocycles. The highest BCUT2D eigenvalue weighted by Crippen LogP contribution is 2.64. The van der Waals surface area contributed by atoms with E-state index in [0.717, 1.165) is 38.0 Å². The smallest absolute Gasteiger partial charge is 0.181 e. The van der Waals surface area contributed by atoms with Gasteiger partial charge in [-0.25, -0.2) is 8.42 Å². The third-order valence-electron chi connectivity index (χ3n) is 10.9. The number of benzene rings is 1. The summed E-state index contributed by atoms with van der Waals surface area (Å²) in [6, 6.07) is 8.87. The van der Waals surface area contributed by atoms with Crippen molar-refractivity contribution in [1.29, 1.82) is 0 Å². The predicted octanol–water partition coefficient (Wildman–Crippen LogP) is 6.18. The Bertz CT molecular complexity index is 1050. The maximum Gasteiger partial charge on any atom is 0.181 e. The van der Waals surface area contributed by atoms with Crippen LogP contribution in [-0.4, -0.2) is 36.1 Å². The second-order valence-electron chi connectivity index (χ2n) is 13.1. The van der Waals surface area contributed by atoms with Gasteiger partial charge in [0.05, 0.1) is 22.4 Å². The Hall–Kier alpha value is -1.17. The zero-order valence-corrected chi connectivity index (χ0v) is 23.2. The van der Waals surface area contributed by atoms with Gasteiger partial charge in [-0.05, 0) is 117 Å². The Morgan fingerprint density at radius 1 is 1.03 bits per heavy atom. The quantitative estimate of drug-likeness (QED) is 0.426. The molecule has 0 amide bonds. The monoisotopic (exact) mass is 514 g/mol. The van der Waals surface area contributed by atoms with E-state index < -0.39 is 21.2 Å². The SMILES string of the molecule is CC(C)C(O)CC(CC1CCC2C3CC=C4C[C@@H](O)CCC4C3CC[C@]12C)S(=O)(=O)c1ccccc1. The van der Waals surface area contributed by atoms with Crippen molar-refractivity contribution >= 4 is 9.84 Å². The number of hydrogen-bond acceptors (Lipinski definition) is 4. The lowest BCUT2D eigenvalue weighted by atomic mass is 9.51. The summed E-state index contributed by atoms with van der Waals surface area (Å²) in [4.78, 5) is 0.388. The van der Waals surface area contributed by atoms with Gasteiger partial charge in [-0.1, -0.05) is 50.6 Å². The molecule has 5 rings (SSSR count). The van der Waals surface area contributed by atoms with Crippen molar-refractivity contribution in [2.75, 3.05) is 0 Å². The van der Waals surface area contributed by atoms with E-state index in [9.17, 15) is 18.6 Å². The summed E-state index contributed by atoms with van der Waals surface area (Å²) >= 11 is 0. The van der Waals surface area contributed by atoms with Gasteiger partial charge in [0.25, 0.3) is 0 Å². The Morgan fingerprint density at radius 2 is 1.78 bits per heavy atom. The second kappa shape index (κ2) is 10.2. The number of aliphatic hydroxyl groups is 2. The van der Waals surface area contributed by atoms with E-state index in [1.165, 1.54) is 24.8 Å². The average Bonchev–Trinajstić information content (AvgIpc) is 3.19. The fraction of sp³-hybridized carbons (Fsp3) is 0.742. The zero-order valence-electron chi connectivity index (χ0n) is 22.4. The molecule has 4 aliphatic carbocycles. The van der Waals surface area contributed by atoms with E-state index in [1.807, 2.05) is 19.9 Å². The summed E-state index contributed by atoms with van der Waals surface area (Å²) in [7, 11) is -3.52. The summed E-state index contributed by atoms with van der Waals surface area (Å²) < 4.78 is 27.6. The lowest BCUT2D eigenvalue weighted by Gasteiger charge is -2.54. The first-order chi connectivity index (χ1) is 17.1. The molecule has 36 heavy (non-hydrogen) atoms. The van der Waals surface area contributed by atoms with Gasteiger partial charge >= 0.3 is 0 Å². The van der Waals surface area contributed by atoms with Gasteiger partial charge in [-0.3, -0.25) is 0 Å². The fourth-order valence-corrected chi connectivity index (χ4v) is 10.6. The number of rotatable bonds is 7. The van der Waals surface area contributed by atoms with Crippen LogP contribution >= 0.6 is 0 Å². The van der Waals surface area contributed by atoms with Gasteiger partial charge in [0.1, 0.15) is 0 Å². The molecule has 0 spiro atoms. The molecule has 3 saturated carbocycles. The standard InChI is InChI=1S/C31H46O4S/c1-20(2)30(33)19-25(36(34,35)24-7-5-4-6-8-24)18-22-10-14-29-28-12-9-21-17-23(32)11-13-26(21)27(28)15-16-31(22,29)3/h4-9,20,22-23,25-30,32-33H,10-19H2,1-3H3/t22?,23-,25?,26?,27?,28?,29?,30?,31+/m0/s1. The maximum atomic E-state index is 13.8. The molecule has 200 valence electrons. The van der Waals surface area contributed by atoms with E-state index in [2.05, 4.69) is 13.0 Å². The number of sulfone groups is 1. The van der Waals surface area contributed by atoms with Crippen LogP contribution in [-0.2, 0) is 9.84 Å². The fourth-order valence-electron chi connectivity index (χ4n) is 8.76. The summed E-state index contributed by atoms with van der Waals surface area (Å²) in [5, 5.41) is 20.4. The first kappa shape index (κ1) is 26.4.